The first-order valence-electron chi connectivity index (χ1n) is 12.1. The fraction of sp³-hybridized carbons (Fsp3) is 0. The van der Waals surface area contributed by atoms with E-state index in [1.807, 2.05) is 0 Å². The average molecular weight is 444 g/mol. The van der Waals surface area contributed by atoms with E-state index in [9.17, 15) is 0 Å². The van der Waals surface area contributed by atoms with Crippen LogP contribution in [0.15, 0.2) is 127 Å². The molecule has 0 N–H and O–H groups in total. The van der Waals surface area contributed by atoms with Gasteiger partial charge in [-0.25, -0.2) is 0 Å². The number of fused-ring (bicyclic) bond motifs is 11. The van der Waals surface area contributed by atoms with Crippen LogP contribution in [0.4, 0.5) is 0 Å². The van der Waals surface area contributed by atoms with Crippen molar-refractivity contribution in [3.8, 4) is 5.69 Å². The van der Waals surface area contributed by atoms with Crippen LogP contribution in [-0.4, -0.2) is 4.57 Å². The topological polar surface area (TPSA) is 4.93 Å². The quantitative estimate of drug-likeness (QED) is 0.223. The summed E-state index contributed by atoms with van der Waals surface area (Å²) in [6.45, 7) is 0. The molecule has 8 aromatic rings. The van der Waals surface area contributed by atoms with Crippen LogP contribution < -0.4 is 0 Å². The number of rotatable bonds is 1. The Labute approximate surface area is 202 Å². The molecule has 0 atom stereocenters. The Morgan fingerprint density at radius 3 is 1.80 bits per heavy atom. The molecule has 162 valence electrons. The molecule has 0 saturated heterocycles. The summed E-state index contributed by atoms with van der Waals surface area (Å²) >= 11 is 0. The predicted molar refractivity (Wildman–Crippen MR) is 151 cm³/mol. The highest BCUT2D eigenvalue weighted by molar-refractivity contribution is 6.36. The van der Waals surface area contributed by atoms with E-state index in [1.165, 1.54) is 70.6 Å². The van der Waals surface area contributed by atoms with E-state index in [0.717, 1.165) is 0 Å². The summed E-state index contributed by atoms with van der Waals surface area (Å²) in [5.41, 5.74) is 3.71. The Morgan fingerprint density at radius 2 is 0.971 bits per heavy atom. The van der Waals surface area contributed by atoms with Crippen LogP contribution in [0, 0.1) is 0 Å². The maximum atomic E-state index is 2.47. The van der Waals surface area contributed by atoms with E-state index < -0.39 is 0 Å². The molecule has 8 rings (SSSR count). The van der Waals surface area contributed by atoms with Crippen LogP contribution in [0.3, 0.4) is 0 Å². The summed E-state index contributed by atoms with van der Waals surface area (Å²) in [6.07, 6.45) is 0. The minimum atomic E-state index is 1.19. The molecule has 0 spiro atoms. The Morgan fingerprint density at radius 1 is 0.371 bits per heavy atom. The van der Waals surface area contributed by atoms with Gasteiger partial charge in [0.2, 0.25) is 0 Å². The second kappa shape index (κ2) is 6.94. The lowest BCUT2D eigenvalue weighted by molar-refractivity contribution is 1.19. The van der Waals surface area contributed by atoms with E-state index in [-0.39, 0.29) is 0 Å². The molecule has 1 heterocycles. The highest BCUT2D eigenvalue weighted by atomic mass is 15.0. The van der Waals surface area contributed by atoms with Crippen molar-refractivity contribution in [1.29, 1.82) is 0 Å². The lowest BCUT2D eigenvalue weighted by Crippen LogP contribution is -1.95. The second-order valence-corrected chi connectivity index (χ2v) is 9.36. The predicted octanol–water partition coefficient (Wildman–Crippen LogP) is 9.40. The molecule has 1 heteroatoms. The number of benzene rings is 7. The lowest BCUT2D eigenvalue weighted by Gasteiger charge is -2.14. The molecule has 0 fully saturated rings. The van der Waals surface area contributed by atoms with Crippen molar-refractivity contribution in [2.75, 3.05) is 0 Å². The number of aromatic nitrogens is 1. The van der Waals surface area contributed by atoms with Gasteiger partial charge in [-0.1, -0.05) is 109 Å². The van der Waals surface area contributed by atoms with Gasteiger partial charge in [-0.3, -0.25) is 0 Å². The van der Waals surface area contributed by atoms with Crippen molar-refractivity contribution in [2.45, 2.75) is 0 Å². The van der Waals surface area contributed by atoms with Crippen molar-refractivity contribution >= 4 is 64.9 Å². The Kier molecular flexibility index (Phi) is 3.72. The molecule has 35 heavy (non-hydrogen) atoms. The molecule has 0 unspecified atom stereocenters. The lowest BCUT2D eigenvalue weighted by atomic mass is 9.93. The monoisotopic (exact) mass is 443 g/mol. The number of hydrogen-bond acceptors (Lipinski definition) is 0. The molecule has 7 aromatic carbocycles. The normalized spacial score (nSPS) is 12.0. The third-order valence-electron chi connectivity index (χ3n) is 7.52. The summed E-state index contributed by atoms with van der Waals surface area (Å²) in [5, 5.41) is 13.0. The molecule has 1 aromatic heterocycles. The van der Waals surface area contributed by atoms with Crippen LogP contribution in [0.2, 0.25) is 0 Å². The Bertz CT molecular complexity index is 2110. The van der Waals surface area contributed by atoms with Crippen LogP contribution >= 0.6 is 0 Å². The van der Waals surface area contributed by atoms with Gasteiger partial charge in [0, 0.05) is 21.8 Å². The fourth-order valence-electron chi connectivity index (χ4n) is 6.03. The zero-order chi connectivity index (χ0) is 22.9. The van der Waals surface area contributed by atoms with Crippen molar-refractivity contribution in [3.05, 3.63) is 127 Å². The molecule has 0 aliphatic rings. The summed E-state index contributed by atoms with van der Waals surface area (Å²) in [7, 11) is 0. The van der Waals surface area contributed by atoms with Crippen LogP contribution in [0.5, 0.6) is 0 Å². The van der Waals surface area contributed by atoms with E-state index in [2.05, 4.69) is 132 Å². The van der Waals surface area contributed by atoms with Gasteiger partial charge in [0.05, 0.1) is 11.0 Å². The van der Waals surface area contributed by atoms with Gasteiger partial charge >= 0.3 is 0 Å². The maximum absolute atomic E-state index is 2.47. The average Bonchev–Trinajstić information content (AvgIpc) is 3.28. The standard InChI is InChI=1S/C34H21N/c1-2-11-24-21-25(19-17-22(24)9-1)35-31-16-8-7-15-29(31)33-28-14-6-5-13-27(28)32-26-12-4-3-10-23(26)18-20-30(32)34(33)35/h1-21H. The first kappa shape index (κ1) is 18.8. The highest BCUT2D eigenvalue weighted by Gasteiger charge is 2.19. The Hall–Kier alpha value is -4.62. The highest BCUT2D eigenvalue weighted by Crippen LogP contribution is 2.44. The number of nitrogens with zero attached hydrogens (tertiary/aromatic N) is 1. The smallest absolute Gasteiger partial charge is 0.0626 e. The number of para-hydroxylation sites is 1. The molecule has 0 saturated carbocycles. The molecule has 0 amide bonds. The van der Waals surface area contributed by atoms with Gasteiger partial charge in [0.1, 0.15) is 0 Å². The van der Waals surface area contributed by atoms with Crippen LogP contribution in [-0.2, 0) is 0 Å². The SMILES string of the molecule is c1ccc2cc(-n3c4ccccc4c4c5ccccc5c5c6ccccc6ccc5c43)ccc2c1. The van der Waals surface area contributed by atoms with Crippen molar-refractivity contribution < 1.29 is 0 Å². The van der Waals surface area contributed by atoms with Crippen LogP contribution in [0.1, 0.15) is 0 Å². The van der Waals surface area contributed by atoms with Gasteiger partial charge in [-0.2, -0.15) is 0 Å². The molecule has 0 radical (unpaired) electrons. The van der Waals surface area contributed by atoms with Gasteiger partial charge in [-0.05, 0) is 55.9 Å². The van der Waals surface area contributed by atoms with Crippen LogP contribution in [0.25, 0.3) is 70.6 Å². The fourth-order valence-corrected chi connectivity index (χ4v) is 6.03. The molecule has 0 aliphatic heterocycles. The number of hydrogen-bond donors (Lipinski definition) is 0. The van der Waals surface area contributed by atoms with Crippen molar-refractivity contribution in [3.63, 3.8) is 0 Å². The van der Waals surface area contributed by atoms with E-state index in [4.69, 9.17) is 0 Å². The van der Waals surface area contributed by atoms with Gasteiger partial charge in [0.15, 0.2) is 0 Å². The largest absolute Gasteiger partial charge is 0.309 e. The van der Waals surface area contributed by atoms with Crippen molar-refractivity contribution in [1.82, 2.24) is 4.57 Å². The minimum Gasteiger partial charge on any atom is -0.309 e. The molecular weight excluding hydrogens is 422 g/mol. The van der Waals surface area contributed by atoms with Gasteiger partial charge in [0.25, 0.3) is 0 Å². The first-order chi connectivity index (χ1) is 17.4. The van der Waals surface area contributed by atoms with E-state index in [1.54, 1.807) is 0 Å². The second-order valence-electron chi connectivity index (χ2n) is 9.36. The first-order valence-corrected chi connectivity index (χ1v) is 12.1. The van der Waals surface area contributed by atoms with Gasteiger partial charge in [-0.15, -0.1) is 0 Å². The Balaban J connectivity index is 1.69. The summed E-state index contributed by atoms with van der Waals surface area (Å²) in [5.74, 6) is 0. The zero-order valence-corrected chi connectivity index (χ0v) is 19.1. The van der Waals surface area contributed by atoms with E-state index in [0.29, 0.717) is 0 Å². The molecule has 1 nitrogen and oxygen atoms in total. The van der Waals surface area contributed by atoms with Gasteiger partial charge < -0.3 is 4.57 Å². The van der Waals surface area contributed by atoms with E-state index >= 15 is 0 Å². The minimum absolute atomic E-state index is 1.19. The summed E-state index contributed by atoms with van der Waals surface area (Å²) in [4.78, 5) is 0. The maximum Gasteiger partial charge on any atom is 0.0626 e. The summed E-state index contributed by atoms with van der Waals surface area (Å²) < 4.78 is 2.47. The molecule has 0 aliphatic carbocycles. The third-order valence-corrected chi connectivity index (χ3v) is 7.52. The molecular formula is C34H21N. The molecule has 0 bridgehead atoms. The summed E-state index contributed by atoms with van der Waals surface area (Å²) in [6, 6.07) is 46.5. The zero-order valence-electron chi connectivity index (χ0n) is 19.1. The van der Waals surface area contributed by atoms with Crippen molar-refractivity contribution in [2.24, 2.45) is 0 Å². The third kappa shape index (κ3) is 2.53.